The first-order valence-corrected chi connectivity index (χ1v) is 6.47. The van der Waals surface area contributed by atoms with Gasteiger partial charge in [0.15, 0.2) is 0 Å². The van der Waals surface area contributed by atoms with Gasteiger partial charge < -0.3 is 5.32 Å². The highest BCUT2D eigenvalue weighted by Crippen LogP contribution is 2.46. The minimum absolute atomic E-state index is 0.207. The Morgan fingerprint density at radius 1 is 1.20 bits per heavy atom. The average molecular weight is 219 g/mol. The highest BCUT2D eigenvalue weighted by Gasteiger charge is 2.46. The van der Waals surface area contributed by atoms with E-state index >= 15 is 0 Å². The third kappa shape index (κ3) is 1.22. The second-order valence-corrected chi connectivity index (χ2v) is 5.42. The van der Waals surface area contributed by atoms with Gasteiger partial charge in [-0.2, -0.15) is 11.8 Å². The molecule has 0 saturated carbocycles. The average Bonchev–Trinajstić information content (AvgIpc) is 2.55. The van der Waals surface area contributed by atoms with E-state index in [1.165, 1.54) is 5.56 Å². The lowest BCUT2D eigenvalue weighted by Gasteiger charge is -2.31. The number of amides is 1. The largest absolute Gasteiger partial charge is 0.325 e. The van der Waals surface area contributed by atoms with Crippen molar-refractivity contribution in [3.63, 3.8) is 0 Å². The van der Waals surface area contributed by atoms with Crippen LogP contribution in [0.15, 0.2) is 24.3 Å². The number of carbonyl (C=O) groups excluding carboxylic acids is 1. The Morgan fingerprint density at radius 3 is 2.73 bits per heavy atom. The lowest BCUT2D eigenvalue weighted by Crippen LogP contribution is -2.37. The summed E-state index contributed by atoms with van der Waals surface area (Å²) in [7, 11) is 0. The van der Waals surface area contributed by atoms with Gasteiger partial charge >= 0.3 is 0 Å². The molecule has 1 aromatic carbocycles. The summed E-state index contributed by atoms with van der Waals surface area (Å²) in [6.07, 6.45) is 1.97. The summed E-state index contributed by atoms with van der Waals surface area (Å²) in [5.74, 6) is 2.41. The van der Waals surface area contributed by atoms with Crippen LogP contribution in [0.25, 0.3) is 0 Å². The van der Waals surface area contributed by atoms with Gasteiger partial charge in [0, 0.05) is 5.69 Å². The van der Waals surface area contributed by atoms with Crippen molar-refractivity contribution >= 4 is 23.4 Å². The van der Waals surface area contributed by atoms with Crippen LogP contribution >= 0.6 is 11.8 Å². The number of rotatable bonds is 0. The SMILES string of the molecule is O=C1Nc2ccccc2C12CCSCC2. The fourth-order valence-corrected chi connectivity index (χ4v) is 3.78. The lowest BCUT2D eigenvalue weighted by atomic mass is 9.76. The maximum absolute atomic E-state index is 12.1. The molecule has 0 radical (unpaired) electrons. The Kier molecular flexibility index (Phi) is 2.02. The Labute approximate surface area is 93.4 Å². The molecule has 2 heterocycles. The van der Waals surface area contributed by atoms with E-state index in [9.17, 15) is 4.79 Å². The van der Waals surface area contributed by atoms with Gasteiger partial charge in [0.2, 0.25) is 5.91 Å². The molecule has 1 aromatic rings. The molecule has 0 unspecified atom stereocenters. The number of carbonyl (C=O) groups is 1. The standard InChI is InChI=1S/C12H13NOS/c14-11-12(5-7-15-8-6-12)9-3-1-2-4-10(9)13-11/h1-4H,5-8H2,(H,13,14). The van der Waals surface area contributed by atoms with E-state index in [0.717, 1.165) is 30.0 Å². The summed E-state index contributed by atoms with van der Waals surface area (Å²) in [5.41, 5.74) is 2.03. The summed E-state index contributed by atoms with van der Waals surface area (Å²) >= 11 is 1.95. The molecule has 0 aliphatic carbocycles. The number of fused-ring (bicyclic) bond motifs is 2. The van der Waals surface area contributed by atoms with E-state index in [1.807, 2.05) is 30.0 Å². The smallest absolute Gasteiger partial charge is 0.235 e. The van der Waals surface area contributed by atoms with Crippen molar-refractivity contribution in [3.05, 3.63) is 29.8 Å². The summed E-state index contributed by atoms with van der Waals surface area (Å²) in [6, 6.07) is 8.12. The minimum atomic E-state index is -0.207. The van der Waals surface area contributed by atoms with Crippen LogP contribution in [0, 0.1) is 0 Å². The van der Waals surface area contributed by atoms with Gasteiger partial charge in [0.05, 0.1) is 5.41 Å². The van der Waals surface area contributed by atoms with Crippen LogP contribution in [-0.2, 0) is 10.2 Å². The van der Waals surface area contributed by atoms with Crippen LogP contribution in [0.2, 0.25) is 0 Å². The third-order valence-corrected chi connectivity index (χ3v) is 4.46. The van der Waals surface area contributed by atoms with E-state index < -0.39 is 0 Å². The van der Waals surface area contributed by atoms with Crippen LogP contribution in [0.4, 0.5) is 5.69 Å². The molecule has 15 heavy (non-hydrogen) atoms. The molecule has 1 spiro atoms. The van der Waals surface area contributed by atoms with Crippen molar-refractivity contribution < 1.29 is 4.79 Å². The normalized spacial score (nSPS) is 22.5. The molecule has 0 bridgehead atoms. The first-order valence-electron chi connectivity index (χ1n) is 5.32. The van der Waals surface area contributed by atoms with Crippen molar-refractivity contribution in [1.29, 1.82) is 0 Å². The highest BCUT2D eigenvalue weighted by molar-refractivity contribution is 7.99. The van der Waals surface area contributed by atoms with Crippen LogP contribution in [0.1, 0.15) is 18.4 Å². The molecule has 1 amide bonds. The fraction of sp³-hybridized carbons (Fsp3) is 0.417. The summed E-state index contributed by atoms with van der Waals surface area (Å²) in [6.45, 7) is 0. The van der Waals surface area contributed by atoms with Gasteiger partial charge in [-0.25, -0.2) is 0 Å². The Bertz CT molecular complexity index is 410. The molecular formula is C12H13NOS. The number of nitrogens with one attached hydrogen (secondary N) is 1. The number of anilines is 1. The summed E-state index contributed by atoms with van der Waals surface area (Å²) in [5, 5.41) is 3.01. The molecule has 2 aliphatic heterocycles. The van der Waals surface area contributed by atoms with E-state index in [4.69, 9.17) is 0 Å². The van der Waals surface area contributed by atoms with Gasteiger partial charge in [-0.05, 0) is 36.0 Å². The second-order valence-electron chi connectivity index (χ2n) is 4.19. The van der Waals surface area contributed by atoms with Gasteiger partial charge in [-0.3, -0.25) is 4.79 Å². The zero-order valence-electron chi connectivity index (χ0n) is 8.45. The van der Waals surface area contributed by atoms with Crippen molar-refractivity contribution in [2.24, 2.45) is 0 Å². The lowest BCUT2D eigenvalue weighted by molar-refractivity contribution is -0.121. The third-order valence-electron chi connectivity index (χ3n) is 3.47. The molecule has 1 fully saturated rings. The zero-order valence-corrected chi connectivity index (χ0v) is 9.27. The van der Waals surface area contributed by atoms with Crippen molar-refractivity contribution in [2.75, 3.05) is 16.8 Å². The minimum Gasteiger partial charge on any atom is -0.325 e. The van der Waals surface area contributed by atoms with Crippen LogP contribution in [0.3, 0.4) is 0 Å². The molecule has 2 nitrogen and oxygen atoms in total. The number of thioether (sulfide) groups is 1. The molecule has 1 saturated heterocycles. The Balaban J connectivity index is 2.11. The molecule has 2 aliphatic rings. The van der Waals surface area contributed by atoms with Crippen molar-refractivity contribution in [3.8, 4) is 0 Å². The quantitative estimate of drug-likeness (QED) is 0.726. The van der Waals surface area contributed by atoms with Gasteiger partial charge in [-0.15, -0.1) is 0 Å². The topological polar surface area (TPSA) is 29.1 Å². The Hall–Kier alpha value is -0.960. The van der Waals surface area contributed by atoms with Crippen LogP contribution in [-0.4, -0.2) is 17.4 Å². The highest BCUT2D eigenvalue weighted by atomic mass is 32.2. The summed E-state index contributed by atoms with van der Waals surface area (Å²) < 4.78 is 0. The molecule has 1 N–H and O–H groups in total. The number of para-hydroxylation sites is 1. The second kappa shape index (κ2) is 3.27. The van der Waals surface area contributed by atoms with E-state index in [-0.39, 0.29) is 11.3 Å². The first kappa shape index (κ1) is 9.28. The number of benzene rings is 1. The van der Waals surface area contributed by atoms with E-state index in [1.54, 1.807) is 0 Å². The number of hydrogen-bond acceptors (Lipinski definition) is 2. The first-order chi connectivity index (χ1) is 7.33. The monoisotopic (exact) mass is 219 g/mol. The van der Waals surface area contributed by atoms with Gasteiger partial charge in [0.1, 0.15) is 0 Å². The van der Waals surface area contributed by atoms with Crippen LogP contribution < -0.4 is 5.32 Å². The Morgan fingerprint density at radius 2 is 1.93 bits per heavy atom. The predicted molar refractivity (Wildman–Crippen MR) is 63.3 cm³/mol. The van der Waals surface area contributed by atoms with E-state index in [2.05, 4.69) is 11.4 Å². The molecule has 3 heteroatoms. The molecule has 78 valence electrons. The predicted octanol–water partition coefficient (Wildman–Crippen LogP) is 2.40. The van der Waals surface area contributed by atoms with Crippen molar-refractivity contribution in [2.45, 2.75) is 18.3 Å². The van der Waals surface area contributed by atoms with Crippen LogP contribution in [0.5, 0.6) is 0 Å². The van der Waals surface area contributed by atoms with Gasteiger partial charge in [0.25, 0.3) is 0 Å². The molecule has 0 atom stereocenters. The molecule has 3 rings (SSSR count). The van der Waals surface area contributed by atoms with E-state index in [0.29, 0.717) is 0 Å². The van der Waals surface area contributed by atoms with Crippen molar-refractivity contribution in [1.82, 2.24) is 0 Å². The fourth-order valence-electron chi connectivity index (χ4n) is 2.59. The molecule has 0 aromatic heterocycles. The maximum Gasteiger partial charge on any atom is 0.235 e. The maximum atomic E-state index is 12.1. The number of hydrogen-bond donors (Lipinski definition) is 1. The summed E-state index contributed by atoms with van der Waals surface area (Å²) in [4.78, 5) is 12.1. The zero-order chi connectivity index (χ0) is 10.3. The molecular weight excluding hydrogens is 206 g/mol. The van der Waals surface area contributed by atoms with Gasteiger partial charge in [-0.1, -0.05) is 18.2 Å².